The van der Waals surface area contributed by atoms with Crippen molar-refractivity contribution in [3.8, 4) is 0 Å². The van der Waals surface area contributed by atoms with Crippen LogP contribution in [0.4, 0.5) is 4.79 Å². The van der Waals surface area contributed by atoms with E-state index in [0.29, 0.717) is 0 Å². The second kappa shape index (κ2) is 14.2. The Bertz CT molecular complexity index is 319. The van der Waals surface area contributed by atoms with Gasteiger partial charge in [-0.3, -0.25) is 4.79 Å². The summed E-state index contributed by atoms with van der Waals surface area (Å²) in [7, 11) is 0. The van der Waals surface area contributed by atoms with Crippen LogP contribution in [0.2, 0.25) is 0 Å². The first kappa shape index (κ1) is 22.3. The zero-order chi connectivity index (χ0) is 16.0. The summed E-state index contributed by atoms with van der Waals surface area (Å²) in [6.07, 6.45) is 0.0525. The lowest BCUT2D eigenvalue weighted by Gasteiger charge is -2.04. The van der Waals surface area contributed by atoms with Crippen molar-refractivity contribution in [2.24, 2.45) is 0 Å². The van der Waals surface area contributed by atoms with E-state index in [1.165, 1.54) is 20.8 Å². The summed E-state index contributed by atoms with van der Waals surface area (Å²) in [5.74, 6) is -0.894. The number of ether oxygens (including phenoxy) is 2. The number of aliphatic hydroxyl groups is 1. The zero-order valence-electron chi connectivity index (χ0n) is 10.9. The number of rotatable bonds is 3. The summed E-state index contributed by atoms with van der Waals surface area (Å²) in [4.78, 5) is 29.0. The Labute approximate surface area is 116 Å². The lowest BCUT2D eigenvalue weighted by molar-refractivity contribution is -0.159. The van der Waals surface area contributed by atoms with Crippen LogP contribution in [0.1, 0.15) is 20.8 Å². The first-order valence-corrected chi connectivity index (χ1v) is 5.13. The van der Waals surface area contributed by atoms with E-state index in [9.17, 15) is 9.59 Å². The molecule has 2 N–H and O–H groups in total. The van der Waals surface area contributed by atoms with Gasteiger partial charge in [0.05, 0.1) is 6.26 Å². The summed E-state index contributed by atoms with van der Waals surface area (Å²) in [6.45, 7) is 10.7. The quantitative estimate of drug-likeness (QED) is 0.269. The van der Waals surface area contributed by atoms with Gasteiger partial charge in [0.25, 0.3) is 0 Å². The van der Waals surface area contributed by atoms with E-state index in [2.05, 4.69) is 34.2 Å². The number of carboxylic acid groups (broad SMARTS) is 1. The summed E-state index contributed by atoms with van der Waals surface area (Å²) < 4.78 is 8.50. The molecule has 0 rings (SSSR count). The predicted molar refractivity (Wildman–Crippen MR) is 68.4 cm³/mol. The topological polar surface area (TPSA) is 110 Å². The highest BCUT2D eigenvalue weighted by atomic mass is 35.5. The summed E-state index contributed by atoms with van der Waals surface area (Å²) in [5, 5.41) is 15.7. The average Bonchev–Trinajstić information content (AvgIpc) is 2.15. The van der Waals surface area contributed by atoms with Crippen LogP contribution in [0.3, 0.4) is 0 Å². The van der Waals surface area contributed by atoms with Gasteiger partial charge >= 0.3 is 17.4 Å². The van der Waals surface area contributed by atoms with Crippen molar-refractivity contribution < 1.29 is 34.1 Å². The smallest absolute Gasteiger partial charge is 0.401 e. The van der Waals surface area contributed by atoms with Crippen molar-refractivity contribution in [3.05, 3.63) is 25.0 Å². The maximum absolute atomic E-state index is 10.5. The molecule has 8 heteroatoms. The first-order chi connectivity index (χ1) is 8.54. The Morgan fingerprint density at radius 3 is 1.74 bits per heavy atom. The van der Waals surface area contributed by atoms with E-state index in [0.717, 1.165) is 6.26 Å². The molecular formula is C11H17ClO7. The van der Waals surface area contributed by atoms with Crippen LogP contribution >= 0.6 is 11.6 Å². The molecule has 0 saturated carbocycles. The average molecular weight is 297 g/mol. The molecule has 0 aromatic carbocycles. The van der Waals surface area contributed by atoms with E-state index in [1.807, 2.05) is 0 Å². The maximum Gasteiger partial charge on any atom is 0.401 e. The van der Waals surface area contributed by atoms with Crippen LogP contribution < -0.4 is 0 Å². The van der Waals surface area contributed by atoms with Crippen LogP contribution in [0, 0.1) is 0 Å². The second-order valence-corrected chi connectivity index (χ2v) is 3.14. The molecule has 0 spiro atoms. The minimum absolute atomic E-state index is 0.288. The highest BCUT2D eigenvalue weighted by Crippen LogP contribution is 1.94. The largest absolute Gasteiger partial charge is 0.469 e. The molecule has 0 heterocycles. The van der Waals surface area contributed by atoms with E-state index in [-0.39, 0.29) is 11.5 Å². The van der Waals surface area contributed by atoms with Gasteiger partial charge in [0.1, 0.15) is 0 Å². The van der Waals surface area contributed by atoms with Gasteiger partial charge in [-0.2, -0.15) is 0 Å². The van der Waals surface area contributed by atoms with Gasteiger partial charge in [0.2, 0.25) is 0 Å². The third kappa shape index (κ3) is 38.6. The van der Waals surface area contributed by atoms with Gasteiger partial charge in [0.15, 0.2) is 6.29 Å². The van der Waals surface area contributed by atoms with Gasteiger partial charge in [0, 0.05) is 24.1 Å². The molecule has 110 valence electrons. The Balaban J connectivity index is -0.000000222. The first-order valence-electron chi connectivity index (χ1n) is 4.75. The molecule has 19 heavy (non-hydrogen) atoms. The standard InChI is InChI=1S/C6H10O3.C4H6O2.CHClO2/c1-4(2)6(8)9-5(3)7;1-3-6-4(2)5;2-1(3)4/h5,7H,1H2,2-3H3;3H,1H2,2H3;(H,3,4). The molecule has 0 fully saturated rings. The third-order valence-corrected chi connectivity index (χ3v) is 0.875. The van der Waals surface area contributed by atoms with Crippen molar-refractivity contribution in [3.63, 3.8) is 0 Å². The Morgan fingerprint density at radius 2 is 1.68 bits per heavy atom. The van der Waals surface area contributed by atoms with Crippen LogP contribution in [-0.4, -0.2) is 33.9 Å². The molecule has 0 aromatic rings. The van der Waals surface area contributed by atoms with Crippen molar-refractivity contribution in [2.75, 3.05) is 0 Å². The molecule has 0 aliphatic carbocycles. The molecule has 0 aromatic heterocycles. The fraction of sp³-hybridized carbons (Fsp3) is 0.364. The predicted octanol–water partition coefficient (Wildman–Crippen LogP) is 2.04. The summed E-state index contributed by atoms with van der Waals surface area (Å²) >= 11 is 4.19. The summed E-state index contributed by atoms with van der Waals surface area (Å²) in [6, 6.07) is 0. The zero-order valence-corrected chi connectivity index (χ0v) is 11.6. The lowest BCUT2D eigenvalue weighted by atomic mass is 10.4. The minimum Gasteiger partial charge on any atom is -0.469 e. The fourth-order valence-electron chi connectivity index (χ4n) is 0.373. The molecule has 0 aliphatic heterocycles. The lowest BCUT2D eigenvalue weighted by Crippen LogP contribution is -2.13. The minimum atomic E-state index is -1.36. The van der Waals surface area contributed by atoms with Gasteiger partial charge in [-0.15, -0.1) is 0 Å². The van der Waals surface area contributed by atoms with E-state index in [4.69, 9.17) is 15.0 Å². The Morgan fingerprint density at radius 1 is 1.32 bits per heavy atom. The van der Waals surface area contributed by atoms with E-state index >= 15 is 0 Å². The SMILES string of the molecule is C=C(C)C(=O)OC(C)O.C=COC(C)=O.O=C(O)Cl. The molecule has 1 atom stereocenters. The number of hydrogen-bond donors (Lipinski definition) is 2. The third-order valence-electron chi connectivity index (χ3n) is 0.875. The number of carbonyl (C=O) groups excluding carboxylic acids is 2. The van der Waals surface area contributed by atoms with Crippen LogP contribution in [-0.2, 0) is 19.1 Å². The molecular weight excluding hydrogens is 280 g/mol. The normalized spacial score (nSPS) is 9.32. The van der Waals surface area contributed by atoms with Crippen molar-refractivity contribution >= 4 is 29.0 Å². The molecule has 7 nitrogen and oxygen atoms in total. The molecule has 0 amide bonds. The van der Waals surface area contributed by atoms with Crippen molar-refractivity contribution in [2.45, 2.75) is 27.1 Å². The van der Waals surface area contributed by atoms with Crippen molar-refractivity contribution in [1.82, 2.24) is 0 Å². The Hall–Kier alpha value is -1.86. The molecule has 1 unspecified atom stereocenters. The second-order valence-electron chi connectivity index (χ2n) is 2.81. The van der Waals surface area contributed by atoms with Gasteiger partial charge in [-0.25, -0.2) is 9.59 Å². The number of carbonyl (C=O) groups is 3. The highest BCUT2D eigenvalue weighted by molar-refractivity contribution is 6.60. The number of esters is 2. The highest BCUT2D eigenvalue weighted by Gasteiger charge is 2.04. The molecule has 0 saturated heterocycles. The van der Waals surface area contributed by atoms with Crippen LogP contribution in [0.15, 0.2) is 25.0 Å². The number of hydrogen-bond acceptors (Lipinski definition) is 6. The van der Waals surface area contributed by atoms with E-state index < -0.39 is 17.7 Å². The Kier molecular flexibility index (Phi) is 16.7. The van der Waals surface area contributed by atoms with Crippen LogP contribution in [0.5, 0.6) is 0 Å². The fourth-order valence-corrected chi connectivity index (χ4v) is 0.373. The molecule has 0 radical (unpaired) electrons. The maximum atomic E-state index is 10.5. The molecule has 0 aliphatic rings. The summed E-state index contributed by atoms with van der Waals surface area (Å²) in [5.41, 5.74) is -1.07. The number of aliphatic hydroxyl groups excluding tert-OH is 1. The molecule has 0 bridgehead atoms. The van der Waals surface area contributed by atoms with Gasteiger partial charge < -0.3 is 19.7 Å². The van der Waals surface area contributed by atoms with Gasteiger partial charge in [-0.05, 0) is 13.8 Å². The van der Waals surface area contributed by atoms with Crippen molar-refractivity contribution in [1.29, 1.82) is 0 Å². The van der Waals surface area contributed by atoms with Gasteiger partial charge in [-0.1, -0.05) is 13.2 Å². The monoisotopic (exact) mass is 296 g/mol. The van der Waals surface area contributed by atoms with Crippen LogP contribution in [0.25, 0.3) is 0 Å². The van der Waals surface area contributed by atoms with E-state index in [1.54, 1.807) is 0 Å². The number of halogens is 1.